The van der Waals surface area contributed by atoms with Gasteiger partial charge in [-0.05, 0) is 26.0 Å². The molecule has 1 heterocycles. The molecule has 1 aromatic heterocycles. The van der Waals surface area contributed by atoms with Gasteiger partial charge >= 0.3 is 0 Å². The fourth-order valence-corrected chi connectivity index (χ4v) is 2.06. The van der Waals surface area contributed by atoms with Crippen LogP contribution in [-0.2, 0) is 5.88 Å². The second-order valence-electron chi connectivity index (χ2n) is 3.98. The first-order valence-corrected chi connectivity index (χ1v) is 6.50. The molecule has 0 amide bonds. The number of hydrogen-bond donors (Lipinski definition) is 0. The lowest BCUT2D eigenvalue weighted by atomic mass is 10.2. The molecule has 0 fully saturated rings. The lowest BCUT2D eigenvalue weighted by Gasteiger charge is -2.24. The van der Waals surface area contributed by atoms with Crippen LogP contribution >= 0.6 is 11.6 Å². The summed E-state index contributed by atoms with van der Waals surface area (Å²) >= 11 is 5.97. The van der Waals surface area contributed by atoms with Gasteiger partial charge in [-0.25, -0.2) is 9.97 Å². The second kappa shape index (κ2) is 5.83. The van der Waals surface area contributed by atoms with E-state index >= 15 is 0 Å². The number of halogens is 1. The minimum atomic E-state index is 0.416. The molecule has 0 atom stereocenters. The Morgan fingerprint density at radius 2 is 1.94 bits per heavy atom. The van der Waals surface area contributed by atoms with Crippen molar-refractivity contribution in [2.75, 3.05) is 11.4 Å². The standard InChI is InChI=1S/C14H16ClN3/c1-3-18(13-7-5-4-6-8-13)14-12(9-15)10-16-11(2)17-14/h4-8,10H,3,9H2,1-2H3. The van der Waals surface area contributed by atoms with Gasteiger partial charge in [0.15, 0.2) is 0 Å². The quantitative estimate of drug-likeness (QED) is 0.786. The maximum Gasteiger partial charge on any atom is 0.141 e. The molecule has 0 radical (unpaired) electrons. The van der Waals surface area contributed by atoms with Crippen molar-refractivity contribution in [1.29, 1.82) is 0 Å². The van der Waals surface area contributed by atoms with E-state index in [4.69, 9.17) is 11.6 Å². The fraction of sp³-hybridized carbons (Fsp3) is 0.286. The van der Waals surface area contributed by atoms with Gasteiger partial charge in [-0.2, -0.15) is 0 Å². The molecule has 2 rings (SSSR count). The van der Waals surface area contributed by atoms with E-state index in [1.165, 1.54) is 0 Å². The van der Waals surface area contributed by atoms with Crippen LogP contribution in [0.15, 0.2) is 36.5 Å². The Morgan fingerprint density at radius 3 is 2.56 bits per heavy atom. The number of alkyl halides is 1. The summed E-state index contributed by atoms with van der Waals surface area (Å²) in [5, 5.41) is 0. The van der Waals surface area contributed by atoms with Crippen molar-refractivity contribution in [3.63, 3.8) is 0 Å². The monoisotopic (exact) mass is 261 g/mol. The molecule has 2 aromatic rings. The molecule has 0 aliphatic carbocycles. The third-order valence-corrected chi connectivity index (χ3v) is 3.03. The Balaban J connectivity index is 2.48. The summed E-state index contributed by atoms with van der Waals surface area (Å²) in [6, 6.07) is 10.2. The van der Waals surface area contributed by atoms with Gasteiger partial charge in [-0.3, -0.25) is 0 Å². The summed E-state index contributed by atoms with van der Waals surface area (Å²) in [7, 11) is 0. The molecule has 0 N–H and O–H groups in total. The third kappa shape index (κ3) is 2.62. The number of benzene rings is 1. The van der Waals surface area contributed by atoms with Crippen LogP contribution in [0.1, 0.15) is 18.3 Å². The Bertz CT molecular complexity index is 514. The largest absolute Gasteiger partial charge is 0.326 e. The number of rotatable bonds is 4. The van der Waals surface area contributed by atoms with Crippen LogP contribution in [0.25, 0.3) is 0 Å². The van der Waals surface area contributed by atoms with Gasteiger partial charge in [0.05, 0.1) is 5.88 Å². The van der Waals surface area contributed by atoms with Gasteiger partial charge < -0.3 is 4.90 Å². The van der Waals surface area contributed by atoms with E-state index in [1.807, 2.05) is 25.1 Å². The van der Waals surface area contributed by atoms with Gasteiger partial charge in [-0.15, -0.1) is 11.6 Å². The molecule has 94 valence electrons. The Labute approximate surface area is 112 Å². The van der Waals surface area contributed by atoms with Crippen LogP contribution in [0, 0.1) is 6.92 Å². The molecule has 0 saturated carbocycles. The Kier molecular flexibility index (Phi) is 4.15. The van der Waals surface area contributed by atoms with E-state index in [9.17, 15) is 0 Å². The van der Waals surface area contributed by atoms with E-state index in [1.54, 1.807) is 6.20 Å². The number of aromatic nitrogens is 2. The molecule has 0 unspecified atom stereocenters. The van der Waals surface area contributed by atoms with Crippen LogP contribution in [0.4, 0.5) is 11.5 Å². The fourth-order valence-electron chi connectivity index (χ4n) is 1.87. The Hall–Kier alpha value is -1.61. The maximum absolute atomic E-state index is 5.97. The number of nitrogens with zero attached hydrogens (tertiary/aromatic N) is 3. The normalized spacial score (nSPS) is 10.4. The van der Waals surface area contributed by atoms with Crippen LogP contribution in [0.2, 0.25) is 0 Å². The van der Waals surface area contributed by atoms with Gasteiger partial charge in [0.25, 0.3) is 0 Å². The van der Waals surface area contributed by atoms with Crippen molar-refractivity contribution in [2.24, 2.45) is 0 Å². The first-order valence-electron chi connectivity index (χ1n) is 5.97. The lowest BCUT2D eigenvalue weighted by Crippen LogP contribution is -2.19. The van der Waals surface area contributed by atoms with Gasteiger partial charge in [0, 0.05) is 24.0 Å². The minimum Gasteiger partial charge on any atom is -0.326 e. The molecule has 0 aliphatic heterocycles. The summed E-state index contributed by atoms with van der Waals surface area (Å²) in [4.78, 5) is 10.9. The topological polar surface area (TPSA) is 29.0 Å². The molecule has 0 spiro atoms. The first kappa shape index (κ1) is 12.8. The first-order chi connectivity index (χ1) is 8.76. The number of para-hydroxylation sites is 1. The highest BCUT2D eigenvalue weighted by molar-refractivity contribution is 6.17. The van der Waals surface area contributed by atoms with Crippen molar-refractivity contribution in [3.8, 4) is 0 Å². The van der Waals surface area contributed by atoms with E-state index in [0.717, 1.165) is 29.4 Å². The van der Waals surface area contributed by atoms with Gasteiger partial charge in [0.2, 0.25) is 0 Å². The van der Waals surface area contributed by atoms with Crippen LogP contribution in [-0.4, -0.2) is 16.5 Å². The molecule has 0 saturated heterocycles. The minimum absolute atomic E-state index is 0.416. The highest BCUT2D eigenvalue weighted by Crippen LogP contribution is 2.26. The predicted octanol–water partition coefficient (Wildman–Crippen LogP) is 3.68. The molecule has 18 heavy (non-hydrogen) atoms. The van der Waals surface area contributed by atoms with E-state index in [-0.39, 0.29) is 0 Å². The summed E-state index contributed by atoms with van der Waals surface area (Å²) in [5.41, 5.74) is 2.07. The smallest absolute Gasteiger partial charge is 0.141 e. The van der Waals surface area contributed by atoms with Crippen molar-refractivity contribution in [3.05, 3.63) is 47.9 Å². The zero-order valence-corrected chi connectivity index (χ0v) is 11.4. The zero-order chi connectivity index (χ0) is 13.0. The van der Waals surface area contributed by atoms with E-state index < -0.39 is 0 Å². The predicted molar refractivity (Wildman–Crippen MR) is 75.4 cm³/mol. The molecule has 1 aromatic carbocycles. The Morgan fingerprint density at radius 1 is 1.22 bits per heavy atom. The van der Waals surface area contributed by atoms with E-state index in [0.29, 0.717) is 5.88 Å². The lowest BCUT2D eigenvalue weighted by molar-refractivity contribution is 0.933. The van der Waals surface area contributed by atoms with Crippen LogP contribution in [0.3, 0.4) is 0 Å². The highest BCUT2D eigenvalue weighted by atomic mass is 35.5. The van der Waals surface area contributed by atoms with E-state index in [2.05, 4.69) is 33.9 Å². The molecule has 0 aliphatic rings. The molecule has 0 bridgehead atoms. The molecule has 3 nitrogen and oxygen atoms in total. The van der Waals surface area contributed by atoms with Crippen molar-refractivity contribution < 1.29 is 0 Å². The van der Waals surface area contributed by atoms with Gasteiger partial charge in [0.1, 0.15) is 11.6 Å². The summed E-state index contributed by atoms with van der Waals surface area (Å²) in [5.74, 6) is 2.07. The number of aryl methyl sites for hydroxylation is 1. The van der Waals surface area contributed by atoms with Crippen LogP contribution in [0.5, 0.6) is 0 Å². The summed E-state index contributed by atoms with van der Waals surface area (Å²) < 4.78 is 0. The molecular formula is C14H16ClN3. The number of hydrogen-bond acceptors (Lipinski definition) is 3. The van der Waals surface area contributed by atoms with Crippen molar-refractivity contribution >= 4 is 23.1 Å². The van der Waals surface area contributed by atoms with Gasteiger partial charge in [-0.1, -0.05) is 18.2 Å². The average Bonchev–Trinajstić information content (AvgIpc) is 2.41. The average molecular weight is 262 g/mol. The van der Waals surface area contributed by atoms with Crippen molar-refractivity contribution in [2.45, 2.75) is 19.7 Å². The van der Waals surface area contributed by atoms with Crippen LogP contribution < -0.4 is 4.90 Å². The number of anilines is 2. The highest BCUT2D eigenvalue weighted by Gasteiger charge is 2.13. The van der Waals surface area contributed by atoms with Crippen molar-refractivity contribution in [1.82, 2.24) is 9.97 Å². The third-order valence-electron chi connectivity index (χ3n) is 2.75. The summed E-state index contributed by atoms with van der Waals surface area (Å²) in [6.07, 6.45) is 1.80. The zero-order valence-electron chi connectivity index (χ0n) is 10.6. The SMILES string of the molecule is CCN(c1ccccc1)c1nc(C)ncc1CCl. The maximum atomic E-state index is 5.97. The molecular weight excluding hydrogens is 246 g/mol. The molecule has 4 heteroatoms. The summed E-state index contributed by atoms with van der Waals surface area (Å²) in [6.45, 7) is 4.83. The second-order valence-corrected chi connectivity index (χ2v) is 4.25.